The molecule has 0 aromatic heterocycles. The van der Waals surface area contributed by atoms with Crippen LogP contribution >= 0.6 is 0 Å². The molecule has 0 saturated heterocycles. The zero-order chi connectivity index (χ0) is 15.3. The van der Waals surface area contributed by atoms with Crippen LogP contribution < -0.4 is 4.19 Å². The molecule has 0 heterocycles. The third-order valence-corrected chi connectivity index (χ3v) is 6.90. The molecule has 4 nitrogen and oxygen atoms in total. The van der Waals surface area contributed by atoms with Crippen LogP contribution in [-0.2, 0) is 19.1 Å². The van der Waals surface area contributed by atoms with Crippen molar-refractivity contribution in [3.63, 3.8) is 0 Å². The van der Waals surface area contributed by atoms with Crippen LogP contribution in [-0.4, -0.2) is 21.9 Å². The van der Waals surface area contributed by atoms with Gasteiger partial charge in [-0.1, -0.05) is 20.8 Å². The minimum atomic E-state index is -1.44. The second-order valence-electron chi connectivity index (χ2n) is 7.85. The van der Waals surface area contributed by atoms with Crippen molar-refractivity contribution in [2.75, 3.05) is 0 Å². The van der Waals surface area contributed by atoms with Gasteiger partial charge < -0.3 is 10.2 Å². The Bertz CT molecular complexity index is 395. The number of aliphatic hydroxyl groups is 2. The number of aliphatic hydroxyl groups excluding tert-OH is 1. The molecule has 3 rings (SSSR count). The standard InChI is InChI=1S/C15H26O2.Mn.2O/c1-9-5-6-10-13(2,3)11-7-15(9,10)8-12(16)14(11,4)17;;;/h9-12,16-17H,5-8H2,1-4H3;;;/q;;;-1/t9-,10+,11-,12?,14?,15-;;;/m1.../s1. The van der Waals surface area contributed by atoms with Crippen LogP contribution in [0.15, 0.2) is 0 Å². The van der Waals surface area contributed by atoms with Gasteiger partial charge in [0.15, 0.2) is 0 Å². The molecule has 2 unspecified atom stereocenters. The van der Waals surface area contributed by atoms with Gasteiger partial charge in [0.1, 0.15) is 0 Å². The first-order chi connectivity index (χ1) is 9.14. The Kier molecular flexibility index (Phi) is 4.25. The van der Waals surface area contributed by atoms with Gasteiger partial charge in [-0.15, -0.1) is 0 Å². The van der Waals surface area contributed by atoms with Crippen molar-refractivity contribution in [2.45, 2.75) is 65.1 Å². The Morgan fingerprint density at radius 1 is 1.15 bits per heavy atom. The summed E-state index contributed by atoms with van der Waals surface area (Å²) in [5, 5.41) is 21.0. The molecule has 2 N–H and O–H groups in total. The Labute approximate surface area is 127 Å². The molecule has 0 radical (unpaired) electrons. The SMILES string of the molecule is C[C@@H]1CC[C@H]2C(C)(C)[C@H]3C[C@@]12CC(O)C3(C)O.[O]=[Mn][O-]. The number of fused-ring (bicyclic) bond motifs is 1. The molecule has 0 aromatic carbocycles. The molecule has 20 heavy (non-hydrogen) atoms. The fourth-order valence-corrected chi connectivity index (χ4v) is 5.86. The van der Waals surface area contributed by atoms with E-state index in [9.17, 15) is 10.2 Å². The Morgan fingerprint density at radius 3 is 2.25 bits per heavy atom. The van der Waals surface area contributed by atoms with Crippen molar-refractivity contribution in [1.29, 1.82) is 0 Å². The first kappa shape index (κ1) is 16.6. The van der Waals surface area contributed by atoms with Gasteiger partial charge >= 0.3 is 23.2 Å². The molecule has 5 heteroatoms. The minimum absolute atomic E-state index is 0.172. The summed E-state index contributed by atoms with van der Waals surface area (Å²) < 4.78 is 16.8. The summed E-state index contributed by atoms with van der Waals surface area (Å²) in [6, 6.07) is 0. The molecule has 6 atom stereocenters. The molecular weight excluding hydrogens is 299 g/mol. The second-order valence-corrected chi connectivity index (χ2v) is 8.05. The zero-order valence-corrected chi connectivity index (χ0v) is 13.9. The van der Waals surface area contributed by atoms with Crippen molar-refractivity contribution >= 4 is 0 Å². The normalized spacial score (nSPS) is 52.1. The quantitative estimate of drug-likeness (QED) is 0.657. The topological polar surface area (TPSA) is 80.6 Å². The van der Waals surface area contributed by atoms with Crippen molar-refractivity contribution in [2.24, 2.45) is 28.6 Å². The van der Waals surface area contributed by atoms with Gasteiger partial charge in [-0.3, -0.25) is 0 Å². The monoisotopic (exact) mass is 325 g/mol. The molecule has 118 valence electrons. The molecule has 1 spiro atoms. The van der Waals surface area contributed by atoms with E-state index in [1.807, 2.05) is 6.92 Å². The molecule has 0 amide bonds. The maximum absolute atomic E-state index is 10.7. The van der Waals surface area contributed by atoms with Gasteiger partial charge in [-0.25, -0.2) is 0 Å². The van der Waals surface area contributed by atoms with Crippen LogP contribution in [0.2, 0.25) is 0 Å². The van der Waals surface area contributed by atoms with Gasteiger partial charge in [-0.2, -0.15) is 0 Å². The summed E-state index contributed by atoms with van der Waals surface area (Å²) in [6.45, 7) is 8.83. The van der Waals surface area contributed by atoms with E-state index in [1.165, 1.54) is 12.8 Å². The van der Waals surface area contributed by atoms with Gasteiger partial charge in [0, 0.05) is 0 Å². The Hall–Kier alpha value is 0.199. The summed E-state index contributed by atoms with van der Waals surface area (Å²) in [5.74, 6) is 1.66. The Balaban J connectivity index is 0.000000452. The van der Waals surface area contributed by atoms with E-state index in [0.29, 0.717) is 17.3 Å². The van der Waals surface area contributed by atoms with Crippen LogP contribution in [0.3, 0.4) is 0 Å². The third kappa shape index (κ3) is 2.05. The molecule has 0 aliphatic heterocycles. The average molecular weight is 325 g/mol. The molecular formula is C15H26MnO4-. The predicted octanol–water partition coefficient (Wildman–Crippen LogP) is 1.27. The van der Waals surface area contributed by atoms with E-state index in [2.05, 4.69) is 20.8 Å². The van der Waals surface area contributed by atoms with Crippen molar-refractivity contribution < 1.29 is 33.5 Å². The summed E-state index contributed by atoms with van der Waals surface area (Å²) in [5.41, 5.74) is -0.402. The average Bonchev–Trinajstić information content (AvgIpc) is 2.73. The fourth-order valence-electron chi connectivity index (χ4n) is 5.86. The van der Waals surface area contributed by atoms with Crippen molar-refractivity contribution in [3.8, 4) is 0 Å². The van der Waals surface area contributed by atoms with Crippen molar-refractivity contribution in [1.82, 2.24) is 0 Å². The van der Waals surface area contributed by atoms with Crippen LogP contribution in [0.1, 0.15) is 53.4 Å². The molecule has 0 aromatic rings. The van der Waals surface area contributed by atoms with Crippen LogP contribution in [0.4, 0.5) is 0 Å². The first-order valence-electron chi connectivity index (χ1n) is 7.44. The van der Waals surface area contributed by atoms with Crippen LogP contribution in [0.25, 0.3) is 0 Å². The molecule has 3 aliphatic rings. The van der Waals surface area contributed by atoms with Gasteiger partial charge in [0.05, 0.1) is 11.7 Å². The van der Waals surface area contributed by atoms with E-state index >= 15 is 0 Å². The third-order valence-electron chi connectivity index (χ3n) is 6.90. The fraction of sp³-hybridized carbons (Fsp3) is 1.00. The predicted molar refractivity (Wildman–Crippen MR) is 68.1 cm³/mol. The summed E-state index contributed by atoms with van der Waals surface area (Å²) in [6.07, 6.45) is 3.98. The second kappa shape index (κ2) is 5.13. The molecule has 3 fully saturated rings. The summed E-state index contributed by atoms with van der Waals surface area (Å²) >= 11 is -1.44. The van der Waals surface area contributed by atoms with Crippen LogP contribution in [0, 0.1) is 28.6 Å². The molecule has 2 bridgehead atoms. The zero-order valence-electron chi connectivity index (χ0n) is 12.7. The van der Waals surface area contributed by atoms with Gasteiger partial charge in [0.25, 0.3) is 0 Å². The summed E-state index contributed by atoms with van der Waals surface area (Å²) in [4.78, 5) is 0. The number of hydrogen-bond acceptors (Lipinski definition) is 4. The van der Waals surface area contributed by atoms with E-state index in [0.717, 1.165) is 12.8 Å². The summed E-state index contributed by atoms with van der Waals surface area (Å²) in [7, 11) is 0. The van der Waals surface area contributed by atoms with E-state index in [1.54, 1.807) is 0 Å². The van der Waals surface area contributed by atoms with E-state index in [-0.39, 0.29) is 11.3 Å². The van der Waals surface area contributed by atoms with Crippen molar-refractivity contribution in [3.05, 3.63) is 0 Å². The van der Waals surface area contributed by atoms with Gasteiger partial charge in [-0.05, 0) is 61.2 Å². The Morgan fingerprint density at radius 2 is 1.70 bits per heavy atom. The maximum atomic E-state index is 10.7. The molecule has 3 aliphatic carbocycles. The number of hydrogen-bond donors (Lipinski definition) is 2. The van der Waals surface area contributed by atoms with Gasteiger partial charge in [0.2, 0.25) is 0 Å². The molecule has 3 saturated carbocycles. The first-order valence-corrected chi connectivity index (χ1v) is 8.40. The van der Waals surface area contributed by atoms with E-state index < -0.39 is 26.9 Å². The number of rotatable bonds is 0. The van der Waals surface area contributed by atoms with E-state index in [4.69, 9.17) is 8.02 Å². The van der Waals surface area contributed by atoms with Crippen LogP contribution in [0.5, 0.6) is 0 Å².